The maximum atomic E-state index is 11.6. The van der Waals surface area contributed by atoms with E-state index in [1.807, 2.05) is 20.8 Å². The maximum Gasteiger partial charge on any atom is 0.315 e. The number of aliphatic hydroxyl groups is 1. The Kier molecular flexibility index (Phi) is 6.12. The molecule has 5 heteroatoms. The summed E-state index contributed by atoms with van der Waals surface area (Å²) < 4.78 is 0. The van der Waals surface area contributed by atoms with Crippen LogP contribution in [0, 0.1) is 5.92 Å². The zero-order chi connectivity index (χ0) is 14.4. The van der Waals surface area contributed by atoms with Gasteiger partial charge in [0.25, 0.3) is 0 Å². The first-order valence-corrected chi connectivity index (χ1v) is 6.76. The van der Waals surface area contributed by atoms with E-state index in [4.69, 9.17) is 11.6 Å². The lowest BCUT2D eigenvalue weighted by atomic mass is 10.1. The molecular weight excluding hydrogens is 264 g/mol. The summed E-state index contributed by atoms with van der Waals surface area (Å²) in [5, 5.41) is 15.9. The van der Waals surface area contributed by atoms with Crippen LogP contribution in [0.3, 0.4) is 0 Å². The monoisotopic (exact) mass is 284 g/mol. The van der Waals surface area contributed by atoms with Gasteiger partial charge in [0, 0.05) is 23.2 Å². The molecule has 1 rings (SSSR count). The summed E-state index contributed by atoms with van der Waals surface area (Å²) in [6.07, 6.45) is -0.811. The van der Waals surface area contributed by atoms with Gasteiger partial charge in [-0.25, -0.2) is 4.79 Å². The molecule has 0 heterocycles. The van der Waals surface area contributed by atoms with Gasteiger partial charge < -0.3 is 15.7 Å². The Balaban J connectivity index is 2.44. The Hall–Kier alpha value is -1.26. The van der Waals surface area contributed by atoms with Crippen LogP contribution >= 0.6 is 11.6 Å². The van der Waals surface area contributed by atoms with Gasteiger partial charge in [-0.15, -0.1) is 0 Å². The van der Waals surface area contributed by atoms with Gasteiger partial charge in [-0.05, 0) is 18.9 Å². The van der Waals surface area contributed by atoms with Crippen molar-refractivity contribution in [1.29, 1.82) is 0 Å². The van der Waals surface area contributed by atoms with Gasteiger partial charge in [-0.2, -0.15) is 0 Å². The third-order valence-electron chi connectivity index (χ3n) is 3.08. The Bertz CT molecular complexity index is 424. The van der Waals surface area contributed by atoms with Crippen LogP contribution in [0.4, 0.5) is 4.79 Å². The highest BCUT2D eigenvalue weighted by Crippen LogP contribution is 2.21. The second-order valence-corrected chi connectivity index (χ2v) is 5.33. The summed E-state index contributed by atoms with van der Waals surface area (Å²) in [6, 6.07) is 6.84. The Morgan fingerprint density at radius 2 is 1.95 bits per heavy atom. The summed E-state index contributed by atoms with van der Waals surface area (Å²) >= 11 is 5.97. The lowest BCUT2D eigenvalue weighted by Crippen LogP contribution is -2.44. The number of rotatable bonds is 5. The first kappa shape index (κ1) is 15.8. The molecule has 4 nitrogen and oxygen atoms in total. The van der Waals surface area contributed by atoms with Crippen molar-refractivity contribution in [2.45, 2.75) is 32.9 Å². The number of carbonyl (C=O) groups excluding carboxylic acids is 1. The van der Waals surface area contributed by atoms with E-state index >= 15 is 0 Å². The predicted octanol–water partition coefficient (Wildman–Crippen LogP) is 2.72. The number of amides is 2. The molecule has 0 radical (unpaired) electrons. The van der Waals surface area contributed by atoms with E-state index in [0.717, 1.165) is 0 Å². The number of hydrogen-bond acceptors (Lipinski definition) is 2. The molecule has 0 bridgehead atoms. The number of nitrogens with one attached hydrogen (secondary N) is 2. The summed E-state index contributed by atoms with van der Waals surface area (Å²) in [6.45, 7) is 6.13. The highest BCUT2D eigenvalue weighted by atomic mass is 35.5. The molecule has 1 aromatic carbocycles. The topological polar surface area (TPSA) is 61.4 Å². The standard InChI is InChI=1S/C14H21ClN2O2/c1-9(2)10(3)17-14(19)16-8-13(18)11-6-4-5-7-12(11)15/h4-7,9-10,13,18H,8H2,1-3H3,(H2,16,17,19). The summed E-state index contributed by atoms with van der Waals surface area (Å²) in [5.74, 6) is 0.360. The summed E-state index contributed by atoms with van der Waals surface area (Å²) in [5.41, 5.74) is 0.612. The van der Waals surface area contributed by atoms with Crippen molar-refractivity contribution in [3.05, 3.63) is 34.9 Å². The van der Waals surface area contributed by atoms with Gasteiger partial charge in [0.2, 0.25) is 0 Å². The van der Waals surface area contributed by atoms with E-state index in [2.05, 4.69) is 10.6 Å². The second kappa shape index (κ2) is 7.36. The van der Waals surface area contributed by atoms with Crippen LogP contribution < -0.4 is 10.6 Å². The third kappa shape index (κ3) is 5.09. The molecule has 3 N–H and O–H groups in total. The first-order valence-electron chi connectivity index (χ1n) is 6.38. The normalized spacial score (nSPS) is 14.0. The number of benzene rings is 1. The van der Waals surface area contributed by atoms with Gasteiger partial charge in [0.05, 0.1) is 6.10 Å². The van der Waals surface area contributed by atoms with Crippen LogP contribution in [0.2, 0.25) is 5.02 Å². The van der Waals surface area contributed by atoms with E-state index in [9.17, 15) is 9.90 Å². The van der Waals surface area contributed by atoms with Crippen LogP contribution in [0.1, 0.15) is 32.4 Å². The minimum Gasteiger partial charge on any atom is -0.387 e. The molecule has 0 saturated carbocycles. The highest BCUT2D eigenvalue weighted by Gasteiger charge is 2.14. The largest absolute Gasteiger partial charge is 0.387 e. The number of hydrogen-bond donors (Lipinski definition) is 3. The van der Waals surface area contributed by atoms with Crippen LogP contribution in [0.15, 0.2) is 24.3 Å². The minimum absolute atomic E-state index is 0.0810. The minimum atomic E-state index is -0.811. The fraction of sp³-hybridized carbons (Fsp3) is 0.500. The number of urea groups is 1. The molecule has 106 valence electrons. The van der Waals surface area contributed by atoms with E-state index in [0.29, 0.717) is 16.5 Å². The van der Waals surface area contributed by atoms with Crippen molar-refractivity contribution in [2.75, 3.05) is 6.54 Å². The van der Waals surface area contributed by atoms with Crippen molar-refractivity contribution in [3.8, 4) is 0 Å². The molecule has 0 aliphatic carbocycles. The van der Waals surface area contributed by atoms with Crippen LogP contribution in [-0.2, 0) is 0 Å². The molecule has 0 aliphatic rings. The maximum absolute atomic E-state index is 11.6. The average Bonchev–Trinajstić information content (AvgIpc) is 2.36. The second-order valence-electron chi connectivity index (χ2n) is 4.92. The van der Waals surface area contributed by atoms with E-state index in [1.54, 1.807) is 24.3 Å². The molecule has 1 aromatic rings. The smallest absolute Gasteiger partial charge is 0.315 e. The van der Waals surface area contributed by atoms with Crippen molar-refractivity contribution in [1.82, 2.24) is 10.6 Å². The van der Waals surface area contributed by atoms with Crippen molar-refractivity contribution in [3.63, 3.8) is 0 Å². The fourth-order valence-corrected chi connectivity index (χ4v) is 1.73. The van der Waals surface area contributed by atoms with Gasteiger partial charge >= 0.3 is 6.03 Å². The Morgan fingerprint density at radius 1 is 1.32 bits per heavy atom. The molecular formula is C14H21ClN2O2. The average molecular weight is 285 g/mol. The van der Waals surface area contributed by atoms with E-state index in [1.165, 1.54) is 0 Å². The van der Waals surface area contributed by atoms with Crippen LogP contribution in [0.5, 0.6) is 0 Å². The molecule has 0 saturated heterocycles. The Morgan fingerprint density at radius 3 is 2.53 bits per heavy atom. The van der Waals surface area contributed by atoms with Crippen molar-refractivity contribution in [2.24, 2.45) is 5.92 Å². The van der Waals surface area contributed by atoms with Gasteiger partial charge in [-0.1, -0.05) is 43.6 Å². The summed E-state index contributed by atoms with van der Waals surface area (Å²) in [7, 11) is 0. The van der Waals surface area contributed by atoms with Crippen molar-refractivity contribution >= 4 is 17.6 Å². The lowest BCUT2D eigenvalue weighted by molar-refractivity contribution is 0.172. The van der Waals surface area contributed by atoms with Crippen LogP contribution in [0.25, 0.3) is 0 Å². The molecule has 0 fully saturated rings. The quantitative estimate of drug-likeness (QED) is 0.778. The molecule has 0 aromatic heterocycles. The molecule has 2 unspecified atom stereocenters. The van der Waals surface area contributed by atoms with Gasteiger partial charge in [-0.3, -0.25) is 0 Å². The van der Waals surface area contributed by atoms with Crippen LogP contribution in [-0.4, -0.2) is 23.7 Å². The van der Waals surface area contributed by atoms with Gasteiger partial charge in [0.1, 0.15) is 0 Å². The third-order valence-corrected chi connectivity index (χ3v) is 3.42. The van der Waals surface area contributed by atoms with E-state index < -0.39 is 6.10 Å². The van der Waals surface area contributed by atoms with Crippen molar-refractivity contribution < 1.29 is 9.90 Å². The zero-order valence-corrected chi connectivity index (χ0v) is 12.2. The number of halogens is 1. The zero-order valence-electron chi connectivity index (χ0n) is 11.5. The SMILES string of the molecule is CC(C)C(C)NC(=O)NCC(O)c1ccccc1Cl. The fourth-order valence-electron chi connectivity index (χ4n) is 1.47. The predicted molar refractivity (Wildman–Crippen MR) is 77.2 cm³/mol. The van der Waals surface area contributed by atoms with E-state index in [-0.39, 0.29) is 18.6 Å². The molecule has 0 spiro atoms. The summed E-state index contributed by atoms with van der Waals surface area (Å²) in [4.78, 5) is 11.6. The molecule has 19 heavy (non-hydrogen) atoms. The Labute approximate surface area is 119 Å². The highest BCUT2D eigenvalue weighted by molar-refractivity contribution is 6.31. The first-order chi connectivity index (χ1) is 8.91. The molecule has 2 amide bonds. The molecule has 2 atom stereocenters. The number of aliphatic hydroxyl groups excluding tert-OH is 1. The lowest BCUT2D eigenvalue weighted by Gasteiger charge is -2.19. The molecule has 0 aliphatic heterocycles. The van der Waals surface area contributed by atoms with Gasteiger partial charge in [0.15, 0.2) is 0 Å². The number of carbonyl (C=O) groups is 1.